The molecule has 9 nitrogen and oxygen atoms in total. The first-order valence-corrected chi connectivity index (χ1v) is 10.3. The van der Waals surface area contributed by atoms with E-state index in [4.69, 9.17) is 14.5 Å². The number of fused-ring (bicyclic) bond motifs is 1. The summed E-state index contributed by atoms with van der Waals surface area (Å²) in [5.74, 6) is 3.19. The number of hydrogen-bond donors (Lipinski definition) is 2. The molecule has 0 bridgehead atoms. The van der Waals surface area contributed by atoms with Crippen LogP contribution in [0.4, 0.5) is 11.8 Å². The molecule has 1 unspecified atom stereocenters. The maximum atomic E-state index is 10.6. The second kappa shape index (κ2) is 9.35. The van der Waals surface area contributed by atoms with Gasteiger partial charge in [-0.05, 0) is 31.2 Å². The van der Waals surface area contributed by atoms with Crippen LogP contribution in [0.3, 0.4) is 0 Å². The van der Waals surface area contributed by atoms with Gasteiger partial charge in [-0.25, -0.2) is 9.71 Å². The number of methoxy groups -OCH3 is 2. The number of anilines is 2. The number of ether oxygens (including phenoxy) is 2. The first kappa shape index (κ1) is 20.6. The zero-order valence-electron chi connectivity index (χ0n) is 16.4. The van der Waals surface area contributed by atoms with E-state index in [0.717, 1.165) is 49.1 Å². The van der Waals surface area contributed by atoms with Gasteiger partial charge in [0.15, 0.2) is 11.5 Å². The highest BCUT2D eigenvalue weighted by molar-refractivity contribution is 7.77. The maximum Gasteiger partial charge on any atom is 0.224 e. The molecule has 28 heavy (non-hydrogen) atoms. The maximum absolute atomic E-state index is 10.6. The van der Waals surface area contributed by atoms with E-state index in [1.807, 2.05) is 12.1 Å². The Hall–Kier alpha value is -2.17. The van der Waals surface area contributed by atoms with Crippen molar-refractivity contribution < 1.29 is 18.2 Å². The topological polar surface area (TPSA) is 112 Å². The minimum atomic E-state index is -2.19. The van der Waals surface area contributed by atoms with Crippen molar-refractivity contribution >= 4 is 33.9 Å². The van der Waals surface area contributed by atoms with Crippen LogP contribution in [-0.4, -0.2) is 59.6 Å². The van der Waals surface area contributed by atoms with Gasteiger partial charge in [-0.15, -0.1) is 0 Å². The normalized spacial score (nSPS) is 16.2. The Kier molecular flexibility index (Phi) is 6.87. The van der Waals surface area contributed by atoms with Crippen LogP contribution in [0.15, 0.2) is 12.1 Å². The predicted molar refractivity (Wildman–Crippen MR) is 109 cm³/mol. The van der Waals surface area contributed by atoms with Crippen LogP contribution in [0.25, 0.3) is 10.9 Å². The highest BCUT2D eigenvalue weighted by atomic mass is 32.2. The van der Waals surface area contributed by atoms with E-state index in [0.29, 0.717) is 29.9 Å². The van der Waals surface area contributed by atoms with Crippen LogP contribution in [-0.2, 0) is 11.3 Å². The van der Waals surface area contributed by atoms with Crippen LogP contribution < -0.4 is 24.4 Å². The van der Waals surface area contributed by atoms with Gasteiger partial charge in [0.1, 0.15) is 5.82 Å². The average molecular weight is 409 g/mol. The summed E-state index contributed by atoms with van der Waals surface area (Å²) in [5, 5.41) is 3.94. The lowest BCUT2D eigenvalue weighted by Crippen LogP contribution is -2.35. The van der Waals surface area contributed by atoms with Gasteiger partial charge >= 0.3 is 0 Å². The standard InChI is InChI=1S/C18H27N5O4S/c1-19-18-21-14-11-16(27-3)15(26-2)10-13(14)17(22-18)23-8-5-12(6-9-23)4-7-20-28(24)25/h10-12,20H,4-9H2,1-3H3,(H,24,25)(H,19,21,22)/p-1. The van der Waals surface area contributed by atoms with Gasteiger partial charge in [-0.3, -0.25) is 4.21 Å². The number of hydrogen-bond acceptors (Lipinski definition) is 8. The highest BCUT2D eigenvalue weighted by Gasteiger charge is 2.23. The van der Waals surface area contributed by atoms with Gasteiger partial charge in [-0.1, -0.05) is 0 Å². The van der Waals surface area contributed by atoms with Gasteiger partial charge in [0.05, 0.1) is 19.7 Å². The fourth-order valence-electron chi connectivity index (χ4n) is 3.57. The molecule has 154 valence electrons. The Morgan fingerprint density at radius 1 is 1.21 bits per heavy atom. The van der Waals surface area contributed by atoms with E-state index in [1.165, 1.54) is 0 Å². The van der Waals surface area contributed by atoms with Gasteiger partial charge in [0, 0.05) is 49.4 Å². The lowest BCUT2D eigenvalue weighted by atomic mass is 9.93. The summed E-state index contributed by atoms with van der Waals surface area (Å²) < 4.78 is 34.5. The third kappa shape index (κ3) is 4.62. The number of aromatic nitrogens is 2. The van der Waals surface area contributed by atoms with Crippen LogP contribution in [0.5, 0.6) is 11.5 Å². The van der Waals surface area contributed by atoms with E-state index in [2.05, 4.69) is 19.9 Å². The Labute approximate surface area is 167 Å². The molecule has 0 amide bonds. The van der Waals surface area contributed by atoms with Gasteiger partial charge in [-0.2, -0.15) is 4.98 Å². The highest BCUT2D eigenvalue weighted by Crippen LogP contribution is 2.37. The molecule has 2 aromatic rings. The molecule has 1 fully saturated rings. The Morgan fingerprint density at radius 2 is 1.89 bits per heavy atom. The molecule has 1 atom stereocenters. The fraction of sp³-hybridized carbons (Fsp3) is 0.556. The smallest absolute Gasteiger partial charge is 0.224 e. The molecular weight excluding hydrogens is 382 g/mol. The Bertz CT molecular complexity index is 842. The third-order valence-corrected chi connectivity index (χ3v) is 5.53. The molecule has 2 N–H and O–H groups in total. The SMILES string of the molecule is CNc1nc(N2CCC(CCNS(=O)[O-])CC2)c2cc(OC)c(OC)cc2n1. The van der Waals surface area contributed by atoms with Crippen molar-refractivity contribution in [2.24, 2.45) is 5.92 Å². The molecule has 3 rings (SSSR count). The van der Waals surface area contributed by atoms with E-state index >= 15 is 0 Å². The summed E-state index contributed by atoms with van der Waals surface area (Å²) in [6.45, 7) is 2.20. The first-order valence-electron chi connectivity index (χ1n) is 9.25. The largest absolute Gasteiger partial charge is 0.760 e. The second-order valence-electron chi connectivity index (χ2n) is 6.69. The zero-order valence-corrected chi connectivity index (χ0v) is 17.2. The van der Waals surface area contributed by atoms with Gasteiger partial charge < -0.3 is 24.2 Å². The molecule has 2 heterocycles. The van der Waals surface area contributed by atoms with Crippen molar-refractivity contribution in [3.8, 4) is 11.5 Å². The molecule has 1 aromatic heterocycles. The zero-order chi connectivity index (χ0) is 20.1. The summed E-state index contributed by atoms with van der Waals surface area (Å²) in [4.78, 5) is 11.5. The van der Waals surface area contributed by atoms with E-state index < -0.39 is 11.3 Å². The third-order valence-electron chi connectivity index (χ3n) is 5.09. The minimum Gasteiger partial charge on any atom is -0.760 e. The van der Waals surface area contributed by atoms with Crippen LogP contribution >= 0.6 is 0 Å². The summed E-state index contributed by atoms with van der Waals surface area (Å²) in [5.41, 5.74) is 0.788. The molecule has 0 aliphatic carbocycles. The quantitative estimate of drug-likeness (QED) is 0.635. The summed E-state index contributed by atoms with van der Waals surface area (Å²) in [6.07, 6.45) is 2.82. The molecule has 0 spiro atoms. The predicted octanol–water partition coefficient (Wildman–Crippen LogP) is 1.68. The molecule has 1 saturated heterocycles. The Balaban J connectivity index is 1.83. The average Bonchev–Trinajstić information content (AvgIpc) is 2.72. The number of nitrogens with one attached hydrogen (secondary N) is 2. The second-order valence-corrected chi connectivity index (χ2v) is 7.45. The minimum absolute atomic E-state index is 0.484. The molecule has 0 saturated carbocycles. The van der Waals surface area contributed by atoms with Crippen molar-refractivity contribution in [3.05, 3.63) is 12.1 Å². The van der Waals surface area contributed by atoms with Crippen molar-refractivity contribution in [3.63, 3.8) is 0 Å². The van der Waals surface area contributed by atoms with E-state index in [-0.39, 0.29) is 0 Å². The lowest BCUT2D eigenvalue weighted by molar-refractivity contribution is 0.355. The lowest BCUT2D eigenvalue weighted by Gasteiger charge is -2.33. The molecular formula is C18H26N5O4S-. The summed E-state index contributed by atoms with van der Waals surface area (Å²) in [6, 6.07) is 3.78. The first-order chi connectivity index (χ1) is 13.5. The van der Waals surface area contributed by atoms with Crippen LogP contribution in [0.1, 0.15) is 19.3 Å². The van der Waals surface area contributed by atoms with Crippen LogP contribution in [0.2, 0.25) is 0 Å². The summed E-state index contributed by atoms with van der Waals surface area (Å²) in [7, 11) is 5.01. The number of piperidine rings is 1. The Morgan fingerprint density at radius 3 is 2.50 bits per heavy atom. The monoisotopic (exact) mass is 408 g/mol. The number of nitrogens with zero attached hydrogens (tertiary/aromatic N) is 3. The van der Waals surface area contributed by atoms with Crippen molar-refractivity contribution in [1.82, 2.24) is 14.7 Å². The van der Waals surface area contributed by atoms with Crippen molar-refractivity contribution in [2.45, 2.75) is 19.3 Å². The molecule has 0 radical (unpaired) electrons. The van der Waals surface area contributed by atoms with Crippen LogP contribution in [0, 0.1) is 5.92 Å². The van der Waals surface area contributed by atoms with E-state index in [1.54, 1.807) is 21.3 Å². The fourth-order valence-corrected chi connectivity index (χ4v) is 3.86. The van der Waals surface area contributed by atoms with Crippen molar-refractivity contribution in [2.75, 3.05) is 51.1 Å². The molecule has 1 aliphatic heterocycles. The molecule has 1 aromatic carbocycles. The van der Waals surface area contributed by atoms with E-state index in [9.17, 15) is 8.76 Å². The van der Waals surface area contributed by atoms with Gasteiger partial charge in [0.25, 0.3) is 0 Å². The van der Waals surface area contributed by atoms with Gasteiger partial charge in [0.2, 0.25) is 5.95 Å². The number of benzene rings is 1. The molecule has 1 aliphatic rings. The van der Waals surface area contributed by atoms with Crippen molar-refractivity contribution in [1.29, 1.82) is 0 Å². The summed E-state index contributed by atoms with van der Waals surface area (Å²) >= 11 is -2.19. The number of rotatable bonds is 8. The molecule has 10 heteroatoms.